The van der Waals surface area contributed by atoms with Gasteiger partial charge in [0.05, 0.1) is 6.10 Å². The van der Waals surface area contributed by atoms with Crippen molar-refractivity contribution in [3.63, 3.8) is 0 Å². The van der Waals surface area contributed by atoms with Gasteiger partial charge >= 0.3 is 0 Å². The van der Waals surface area contributed by atoms with Crippen LogP contribution in [0.15, 0.2) is 35.9 Å². The number of allylic oxidation sites excluding steroid dienone is 2. The second-order valence-corrected chi connectivity index (χ2v) is 4.94. The molecule has 0 saturated carbocycles. The molecular formula is C15H18O2. The summed E-state index contributed by atoms with van der Waals surface area (Å²) in [6.45, 7) is 4.07. The fourth-order valence-corrected chi connectivity index (χ4v) is 2.32. The summed E-state index contributed by atoms with van der Waals surface area (Å²) in [7, 11) is 0. The van der Waals surface area contributed by atoms with Crippen molar-refractivity contribution in [3.05, 3.63) is 47.0 Å². The number of hydrogen-bond donors (Lipinski definition) is 1. The maximum absolute atomic E-state index is 12.0. The van der Waals surface area contributed by atoms with Crippen molar-refractivity contribution in [2.24, 2.45) is 5.92 Å². The first-order valence-electron chi connectivity index (χ1n) is 6.03. The van der Waals surface area contributed by atoms with E-state index in [9.17, 15) is 9.90 Å². The van der Waals surface area contributed by atoms with Gasteiger partial charge in [-0.25, -0.2) is 0 Å². The second-order valence-electron chi connectivity index (χ2n) is 4.94. The predicted molar refractivity (Wildman–Crippen MR) is 67.9 cm³/mol. The van der Waals surface area contributed by atoms with Crippen LogP contribution in [0.1, 0.15) is 48.7 Å². The lowest BCUT2D eigenvalue weighted by molar-refractivity contribution is 0.0714. The summed E-state index contributed by atoms with van der Waals surface area (Å²) in [5.74, 6) is 0.172. The van der Waals surface area contributed by atoms with Crippen LogP contribution in [0.4, 0.5) is 0 Å². The molecule has 1 aliphatic carbocycles. The minimum absolute atomic E-state index is 0.0206. The average Bonchev–Trinajstić information content (AvgIpc) is 2.32. The van der Waals surface area contributed by atoms with Crippen LogP contribution in [0.25, 0.3) is 0 Å². The van der Waals surface area contributed by atoms with E-state index < -0.39 is 6.10 Å². The predicted octanol–water partition coefficient (Wildman–Crippen LogP) is 3.28. The van der Waals surface area contributed by atoms with E-state index in [2.05, 4.69) is 6.08 Å². The molecule has 0 fully saturated rings. The molecule has 0 heterocycles. The zero-order chi connectivity index (χ0) is 12.4. The van der Waals surface area contributed by atoms with Gasteiger partial charge in [-0.1, -0.05) is 35.9 Å². The Morgan fingerprint density at radius 3 is 2.82 bits per heavy atom. The Bertz CT molecular complexity index is 456. The third-order valence-electron chi connectivity index (χ3n) is 3.30. The molecule has 0 radical (unpaired) electrons. The molecule has 0 aromatic heterocycles. The summed E-state index contributed by atoms with van der Waals surface area (Å²) in [5, 5.41) is 10.3. The number of Topliss-reactive ketones (excluding diaryl/α,β-unsaturated/α-hetero) is 1. The van der Waals surface area contributed by atoms with Gasteiger partial charge in [-0.15, -0.1) is 0 Å². The summed E-state index contributed by atoms with van der Waals surface area (Å²) in [6.07, 6.45) is 2.79. The smallest absolute Gasteiger partial charge is 0.163 e. The Labute approximate surface area is 102 Å². The van der Waals surface area contributed by atoms with Crippen LogP contribution in [0.3, 0.4) is 0 Å². The average molecular weight is 230 g/mol. The number of carbonyl (C=O) groups is 1. The largest absolute Gasteiger partial charge is 0.388 e. The van der Waals surface area contributed by atoms with Gasteiger partial charge in [0.25, 0.3) is 0 Å². The first-order chi connectivity index (χ1) is 8.09. The molecule has 1 aromatic rings. The number of hydrogen-bond acceptors (Lipinski definition) is 2. The number of ketones is 1. The van der Waals surface area contributed by atoms with Crippen molar-refractivity contribution >= 4 is 5.78 Å². The minimum atomic E-state index is -0.514. The zero-order valence-corrected chi connectivity index (χ0v) is 10.3. The molecule has 2 heteroatoms. The highest BCUT2D eigenvalue weighted by atomic mass is 16.3. The lowest BCUT2D eigenvalue weighted by atomic mass is 9.79. The molecule has 0 amide bonds. The highest BCUT2D eigenvalue weighted by Gasteiger charge is 2.31. The summed E-state index contributed by atoms with van der Waals surface area (Å²) >= 11 is 0. The number of fused-ring (bicyclic) bond motifs is 1. The van der Waals surface area contributed by atoms with Crippen LogP contribution in [-0.4, -0.2) is 10.9 Å². The van der Waals surface area contributed by atoms with Crippen molar-refractivity contribution < 1.29 is 9.90 Å². The van der Waals surface area contributed by atoms with Gasteiger partial charge in [0.1, 0.15) is 0 Å². The van der Waals surface area contributed by atoms with Crippen molar-refractivity contribution in [1.29, 1.82) is 0 Å². The van der Waals surface area contributed by atoms with Crippen molar-refractivity contribution in [3.8, 4) is 0 Å². The van der Waals surface area contributed by atoms with Crippen molar-refractivity contribution in [1.82, 2.24) is 0 Å². The van der Waals surface area contributed by atoms with Crippen LogP contribution in [-0.2, 0) is 0 Å². The Kier molecular flexibility index (Phi) is 3.43. The normalized spacial score (nSPS) is 23.1. The third kappa shape index (κ3) is 2.47. The van der Waals surface area contributed by atoms with E-state index in [4.69, 9.17) is 0 Å². The number of benzene rings is 1. The van der Waals surface area contributed by atoms with Crippen LogP contribution < -0.4 is 0 Å². The Balaban J connectivity index is 2.26. The van der Waals surface area contributed by atoms with Gasteiger partial charge < -0.3 is 5.11 Å². The van der Waals surface area contributed by atoms with Crippen molar-refractivity contribution in [2.45, 2.75) is 32.8 Å². The summed E-state index contributed by atoms with van der Waals surface area (Å²) in [5.41, 5.74) is 2.70. The van der Waals surface area contributed by atoms with E-state index in [1.165, 1.54) is 5.57 Å². The number of carbonyl (C=O) groups excluding carboxylic acids is 1. The van der Waals surface area contributed by atoms with Crippen LogP contribution in [0.2, 0.25) is 0 Å². The SMILES string of the molecule is CC(C)=CC[C@@H]1CC(=O)c2ccccc2[C@H]1O. The topological polar surface area (TPSA) is 37.3 Å². The van der Waals surface area contributed by atoms with Gasteiger partial charge in [0.2, 0.25) is 0 Å². The number of rotatable bonds is 2. The Hall–Kier alpha value is -1.41. The minimum Gasteiger partial charge on any atom is -0.388 e. The lowest BCUT2D eigenvalue weighted by Crippen LogP contribution is -2.24. The summed E-state index contributed by atoms with van der Waals surface area (Å²) in [6, 6.07) is 7.38. The van der Waals surface area contributed by atoms with Gasteiger partial charge in [-0.3, -0.25) is 4.79 Å². The number of aliphatic hydroxyl groups is 1. The molecule has 17 heavy (non-hydrogen) atoms. The first-order valence-corrected chi connectivity index (χ1v) is 6.03. The molecular weight excluding hydrogens is 212 g/mol. The van der Waals surface area contributed by atoms with Gasteiger partial charge in [0.15, 0.2) is 5.78 Å². The van der Waals surface area contributed by atoms with E-state index in [1.807, 2.05) is 32.0 Å². The molecule has 2 atom stereocenters. The Morgan fingerprint density at radius 2 is 2.12 bits per heavy atom. The molecule has 1 aliphatic rings. The molecule has 1 aromatic carbocycles. The first kappa shape index (κ1) is 12.1. The molecule has 0 unspecified atom stereocenters. The molecule has 0 spiro atoms. The van der Waals surface area contributed by atoms with Gasteiger partial charge in [-0.2, -0.15) is 0 Å². The van der Waals surface area contributed by atoms with E-state index in [0.717, 1.165) is 12.0 Å². The highest BCUT2D eigenvalue weighted by molar-refractivity contribution is 5.98. The molecule has 2 rings (SSSR count). The molecule has 0 aliphatic heterocycles. The Morgan fingerprint density at radius 1 is 1.41 bits per heavy atom. The van der Waals surface area contributed by atoms with Crippen LogP contribution in [0, 0.1) is 5.92 Å². The fraction of sp³-hybridized carbons (Fsp3) is 0.400. The number of aliphatic hydroxyl groups excluding tert-OH is 1. The quantitative estimate of drug-likeness (QED) is 0.792. The molecule has 1 N–H and O–H groups in total. The standard InChI is InChI=1S/C15H18O2/c1-10(2)7-8-11-9-14(16)12-5-3-4-6-13(12)15(11)17/h3-7,11,15,17H,8-9H2,1-2H3/t11-,15+/m1/s1. The van der Waals surface area contributed by atoms with Crippen molar-refractivity contribution in [2.75, 3.05) is 0 Å². The molecule has 0 saturated heterocycles. The molecule has 90 valence electrons. The van der Waals surface area contributed by atoms with Gasteiger partial charge in [0, 0.05) is 12.0 Å². The lowest BCUT2D eigenvalue weighted by Gasteiger charge is -2.28. The van der Waals surface area contributed by atoms with E-state index in [0.29, 0.717) is 12.0 Å². The van der Waals surface area contributed by atoms with E-state index in [1.54, 1.807) is 6.07 Å². The third-order valence-corrected chi connectivity index (χ3v) is 3.30. The highest BCUT2D eigenvalue weighted by Crippen LogP contribution is 2.36. The molecule has 0 bridgehead atoms. The summed E-state index contributed by atoms with van der Waals surface area (Å²) < 4.78 is 0. The maximum Gasteiger partial charge on any atom is 0.163 e. The van der Waals surface area contributed by atoms with E-state index in [-0.39, 0.29) is 11.7 Å². The van der Waals surface area contributed by atoms with Crippen LogP contribution in [0.5, 0.6) is 0 Å². The second kappa shape index (κ2) is 4.84. The maximum atomic E-state index is 12.0. The van der Waals surface area contributed by atoms with E-state index >= 15 is 0 Å². The molecule has 2 nitrogen and oxygen atoms in total. The summed E-state index contributed by atoms with van der Waals surface area (Å²) in [4.78, 5) is 12.0. The van der Waals surface area contributed by atoms with Crippen LogP contribution >= 0.6 is 0 Å². The fourth-order valence-electron chi connectivity index (χ4n) is 2.32. The monoisotopic (exact) mass is 230 g/mol. The van der Waals surface area contributed by atoms with Gasteiger partial charge in [-0.05, 0) is 31.7 Å². The zero-order valence-electron chi connectivity index (χ0n) is 10.3.